The molecule has 0 fully saturated rings. The SMILES string of the molecule is O=C(O)C=CC(Br)(Br)c1ccc(Br)c(Br)c1Br. The lowest BCUT2D eigenvalue weighted by atomic mass is 10.1. The first-order chi connectivity index (χ1) is 7.75. The van der Waals surface area contributed by atoms with Crippen LogP contribution >= 0.6 is 79.6 Å². The van der Waals surface area contributed by atoms with Crippen molar-refractivity contribution in [2.24, 2.45) is 0 Å². The van der Waals surface area contributed by atoms with E-state index in [1.807, 2.05) is 12.1 Å². The van der Waals surface area contributed by atoms with Gasteiger partial charge in [0.1, 0.15) is 3.23 Å². The molecule has 0 saturated heterocycles. The van der Waals surface area contributed by atoms with Crippen molar-refractivity contribution in [1.29, 1.82) is 0 Å². The maximum Gasteiger partial charge on any atom is 0.328 e. The smallest absolute Gasteiger partial charge is 0.328 e. The molecule has 0 atom stereocenters. The largest absolute Gasteiger partial charge is 0.478 e. The first kappa shape index (κ1) is 15.9. The third-order valence-corrected chi connectivity index (χ3v) is 6.58. The summed E-state index contributed by atoms with van der Waals surface area (Å²) in [5, 5.41) is 8.63. The van der Waals surface area contributed by atoms with Crippen LogP contribution in [0.3, 0.4) is 0 Å². The van der Waals surface area contributed by atoms with Gasteiger partial charge in [0, 0.05) is 19.5 Å². The Morgan fingerprint density at radius 3 is 2.29 bits per heavy atom. The van der Waals surface area contributed by atoms with Gasteiger partial charge in [-0.15, -0.1) is 0 Å². The highest BCUT2D eigenvalue weighted by Gasteiger charge is 2.26. The number of allylic oxidation sites excluding steroid dienone is 1. The lowest BCUT2D eigenvalue weighted by molar-refractivity contribution is -0.131. The van der Waals surface area contributed by atoms with E-state index in [-0.39, 0.29) is 0 Å². The molecule has 0 heterocycles. The molecule has 1 aromatic rings. The molecule has 1 aromatic carbocycles. The first-order valence-corrected chi connectivity index (χ1v) is 8.16. The van der Waals surface area contributed by atoms with Crippen molar-refractivity contribution in [2.45, 2.75) is 3.23 Å². The van der Waals surface area contributed by atoms with E-state index in [0.717, 1.165) is 25.1 Å². The van der Waals surface area contributed by atoms with Crippen LogP contribution in [-0.4, -0.2) is 11.1 Å². The van der Waals surface area contributed by atoms with Crippen molar-refractivity contribution in [1.82, 2.24) is 0 Å². The van der Waals surface area contributed by atoms with E-state index in [4.69, 9.17) is 5.11 Å². The number of rotatable bonds is 3. The molecule has 2 nitrogen and oxygen atoms in total. The second kappa shape index (κ2) is 6.32. The van der Waals surface area contributed by atoms with Gasteiger partial charge < -0.3 is 5.11 Å². The summed E-state index contributed by atoms with van der Waals surface area (Å²) >= 11 is 17.1. The Kier molecular flexibility index (Phi) is 5.91. The van der Waals surface area contributed by atoms with Crippen LogP contribution in [0.4, 0.5) is 0 Å². The zero-order valence-corrected chi connectivity index (χ0v) is 16.0. The number of benzene rings is 1. The topological polar surface area (TPSA) is 37.3 Å². The number of carbonyl (C=O) groups is 1. The van der Waals surface area contributed by atoms with Crippen LogP contribution in [0.25, 0.3) is 0 Å². The minimum absolute atomic E-state index is 0.736. The Morgan fingerprint density at radius 2 is 1.76 bits per heavy atom. The highest BCUT2D eigenvalue weighted by molar-refractivity contribution is 9.25. The summed E-state index contributed by atoms with van der Waals surface area (Å²) in [6.07, 6.45) is 2.58. The van der Waals surface area contributed by atoms with Gasteiger partial charge in [0.2, 0.25) is 0 Å². The van der Waals surface area contributed by atoms with Crippen molar-refractivity contribution in [3.05, 3.63) is 43.3 Å². The summed E-state index contributed by atoms with van der Waals surface area (Å²) in [5.41, 5.74) is 0.852. The van der Waals surface area contributed by atoms with E-state index in [1.165, 1.54) is 6.08 Å². The molecule has 17 heavy (non-hydrogen) atoms. The van der Waals surface area contributed by atoms with Crippen molar-refractivity contribution in [3.8, 4) is 0 Å². The fourth-order valence-electron chi connectivity index (χ4n) is 1.05. The van der Waals surface area contributed by atoms with Crippen LogP contribution in [0.5, 0.6) is 0 Å². The first-order valence-electron chi connectivity index (χ1n) is 4.19. The minimum Gasteiger partial charge on any atom is -0.478 e. The summed E-state index contributed by atoms with van der Waals surface area (Å²) in [5.74, 6) is -0.999. The highest BCUT2D eigenvalue weighted by atomic mass is 79.9. The van der Waals surface area contributed by atoms with Crippen LogP contribution in [0.2, 0.25) is 0 Å². The summed E-state index contributed by atoms with van der Waals surface area (Å²) < 4.78 is 1.87. The summed E-state index contributed by atoms with van der Waals surface area (Å²) in [6, 6.07) is 3.74. The third-order valence-electron chi connectivity index (χ3n) is 1.83. The van der Waals surface area contributed by atoms with E-state index in [2.05, 4.69) is 79.6 Å². The molecule has 0 radical (unpaired) electrons. The molecule has 0 amide bonds. The van der Waals surface area contributed by atoms with Crippen molar-refractivity contribution >= 4 is 85.6 Å². The molecule has 0 bridgehead atoms. The Balaban J connectivity index is 3.24. The van der Waals surface area contributed by atoms with Gasteiger partial charge in [-0.05, 0) is 65.5 Å². The lowest BCUT2D eigenvalue weighted by Gasteiger charge is -2.19. The average molecular weight is 557 g/mol. The van der Waals surface area contributed by atoms with E-state index in [0.29, 0.717) is 0 Å². The molecule has 0 unspecified atom stereocenters. The van der Waals surface area contributed by atoms with E-state index in [1.54, 1.807) is 0 Å². The van der Waals surface area contributed by atoms with Gasteiger partial charge in [0.05, 0.1) is 0 Å². The van der Waals surface area contributed by atoms with Crippen molar-refractivity contribution < 1.29 is 9.90 Å². The van der Waals surface area contributed by atoms with Gasteiger partial charge in [-0.3, -0.25) is 0 Å². The third kappa shape index (κ3) is 4.16. The summed E-state index contributed by atoms with van der Waals surface area (Å²) in [6.45, 7) is 0. The van der Waals surface area contributed by atoms with Gasteiger partial charge in [-0.2, -0.15) is 0 Å². The number of alkyl halides is 2. The quantitative estimate of drug-likeness (QED) is 0.301. The fraction of sp³-hybridized carbons (Fsp3) is 0.100. The van der Waals surface area contributed by atoms with Crippen molar-refractivity contribution in [2.75, 3.05) is 0 Å². The zero-order valence-electron chi connectivity index (χ0n) is 8.05. The fourth-order valence-corrected chi connectivity index (χ4v) is 4.11. The summed E-state index contributed by atoms with van der Waals surface area (Å²) in [7, 11) is 0. The zero-order chi connectivity index (χ0) is 13.2. The Hall–Kier alpha value is 0.830. The molecule has 0 aliphatic carbocycles. The van der Waals surface area contributed by atoms with Gasteiger partial charge in [0.15, 0.2) is 0 Å². The van der Waals surface area contributed by atoms with Gasteiger partial charge in [-0.1, -0.05) is 37.9 Å². The van der Waals surface area contributed by atoms with Crippen LogP contribution in [0.15, 0.2) is 37.7 Å². The van der Waals surface area contributed by atoms with Crippen LogP contribution in [0.1, 0.15) is 5.56 Å². The molecule has 1 rings (SSSR count). The Labute approximate surface area is 140 Å². The molecular weight excluding hydrogens is 552 g/mol. The van der Waals surface area contributed by atoms with Gasteiger partial charge in [-0.25, -0.2) is 4.79 Å². The van der Waals surface area contributed by atoms with Crippen LogP contribution in [0, 0.1) is 0 Å². The predicted molar refractivity (Wildman–Crippen MR) is 85.8 cm³/mol. The lowest BCUT2D eigenvalue weighted by Crippen LogP contribution is -2.07. The van der Waals surface area contributed by atoms with Gasteiger partial charge in [0.25, 0.3) is 0 Å². The number of carboxylic acids is 1. The number of hydrogen-bond donors (Lipinski definition) is 1. The molecule has 1 N–H and O–H groups in total. The number of aliphatic carboxylic acids is 1. The second-order valence-corrected chi connectivity index (χ2v) is 9.02. The molecule has 0 saturated carbocycles. The summed E-state index contributed by atoms with van der Waals surface area (Å²) in [4.78, 5) is 10.5. The standard InChI is InChI=1S/C10H5Br5O2/c11-6-2-1-5(8(12)9(6)13)10(14,15)4-3-7(16)17/h1-4H,(H,16,17). The molecule has 0 aliphatic rings. The Morgan fingerprint density at radius 1 is 1.18 bits per heavy atom. The van der Waals surface area contributed by atoms with Crippen LogP contribution < -0.4 is 0 Å². The number of halogens is 5. The maximum atomic E-state index is 10.5. The molecule has 0 aromatic heterocycles. The average Bonchev–Trinajstić information content (AvgIpc) is 2.23. The van der Waals surface area contributed by atoms with E-state index < -0.39 is 9.20 Å². The number of hydrogen-bond acceptors (Lipinski definition) is 1. The van der Waals surface area contributed by atoms with Crippen molar-refractivity contribution in [3.63, 3.8) is 0 Å². The molecule has 7 heteroatoms. The molecular formula is C10H5Br5O2. The highest BCUT2D eigenvalue weighted by Crippen LogP contribution is 2.46. The predicted octanol–water partition coefficient (Wildman–Crippen LogP) is 5.56. The number of carboxylic acid groups (broad SMARTS) is 1. The molecule has 0 aliphatic heterocycles. The minimum atomic E-state index is -0.999. The maximum absolute atomic E-state index is 10.5. The second-order valence-electron chi connectivity index (χ2n) is 3.02. The van der Waals surface area contributed by atoms with Gasteiger partial charge >= 0.3 is 5.97 Å². The normalized spacial score (nSPS) is 12.1. The Bertz CT molecular complexity index is 482. The van der Waals surface area contributed by atoms with E-state index in [9.17, 15) is 4.79 Å². The monoisotopic (exact) mass is 552 g/mol. The molecule has 0 spiro atoms. The molecule has 92 valence electrons. The van der Waals surface area contributed by atoms with Crippen LogP contribution in [-0.2, 0) is 8.03 Å². The van der Waals surface area contributed by atoms with E-state index >= 15 is 0 Å².